The number of halogens is 1. The van der Waals surface area contributed by atoms with Crippen LogP contribution in [-0.2, 0) is 30.8 Å². The van der Waals surface area contributed by atoms with Gasteiger partial charge in [0.2, 0.25) is 5.91 Å². The quantitative estimate of drug-likeness (QED) is 0.729. The van der Waals surface area contributed by atoms with Crippen LogP contribution in [-0.4, -0.2) is 36.7 Å². The second-order valence-electron chi connectivity index (χ2n) is 6.17. The van der Waals surface area contributed by atoms with Gasteiger partial charge in [-0.25, -0.2) is 9.37 Å². The molecule has 2 aromatic heterocycles. The summed E-state index contributed by atoms with van der Waals surface area (Å²) in [4.78, 5) is 18.9. The molecule has 0 radical (unpaired) electrons. The summed E-state index contributed by atoms with van der Waals surface area (Å²) in [6, 6.07) is 8.07. The predicted molar refractivity (Wildman–Crippen MR) is 89.1 cm³/mol. The predicted octanol–water partition coefficient (Wildman–Crippen LogP) is 1.85. The van der Waals surface area contributed by atoms with Crippen LogP contribution in [0.25, 0.3) is 0 Å². The monoisotopic (exact) mass is 339 g/mol. The highest BCUT2D eigenvalue weighted by Crippen LogP contribution is 2.15. The van der Waals surface area contributed by atoms with Gasteiger partial charge in [-0.2, -0.15) is 5.10 Å². The van der Waals surface area contributed by atoms with E-state index < -0.39 is 0 Å². The number of amides is 1. The molecule has 0 spiro atoms. The van der Waals surface area contributed by atoms with Crippen LogP contribution in [0.3, 0.4) is 0 Å². The van der Waals surface area contributed by atoms with Crippen molar-refractivity contribution in [3.63, 3.8) is 0 Å². The Balaban J connectivity index is 1.43. The summed E-state index contributed by atoms with van der Waals surface area (Å²) in [5.74, 6) is 0.553. The maximum Gasteiger partial charge on any atom is 0.227 e. The van der Waals surface area contributed by atoms with Crippen LogP contribution in [0.2, 0.25) is 0 Å². The SMILES string of the molecule is O=C(Cc1cccc(F)c1)N1CCn2cc(Cn3cccn3)nc2C1. The van der Waals surface area contributed by atoms with Gasteiger partial charge in [-0.1, -0.05) is 12.1 Å². The lowest BCUT2D eigenvalue weighted by atomic mass is 10.1. The van der Waals surface area contributed by atoms with Crippen LogP contribution < -0.4 is 0 Å². The Hall–Kier alpha value is -2.96. The first-order valence-corrected chi connectivity index (χ1v) is 8.22. The number of hydrogen-bond donors (Lipinski definition) is 0. The summed E-state index contributed by atoms with van der Waals surface area (Å²) in [7, 11) is 0. The normalized spacial score (nSPS) is 13.7. The maximum atomic E-state index is 13.3. The van der Waals surface area contributed by atoms with E-state index in [0.29, 0.717) is 25.2 Å². The van der Waals surface area contributed by atoms with Crippen LogP contribution in [0.4, 0.5) is 4.39 Å². The largest absolute Gasteiger partial charge is 0.333 e. The molecule has 0 aliphatic carbocycles. The molecule has 0 fully saturated rings. The van der Waals surface area contributed by atoms with E-state index in [0.717, 1.165) is 18.1 Å². The molecule has 6 nitrogen and oxygen atoms in total. The Morgan fingerprint density at radius 2 is 2.16 bits per heavy atom. The zero-order valence-corrected chi connectivity index (χ0v) is 13.7. The van der Waals surface area contributed by atoms with Crippen molar-refractivity contribution in [2.24, 2.45) is 0 Å². The molecule has 1 aliphatic heterocycles. The molecule has 3 heterocycles. The lowest BCUT2D eigenvalue weighted by Crippen LogP contribution is -2.39. The number of fused-ring (bicyclic) bond motifs is 1. The van der Waals surface area contributed by atoms with Gasteiger partial charge in [-0.15, -0.1) is 0 Å². The van der Waals surface area contributed by atoms with Gasteiger partial charge in [0.1, 0.15) is 11.6 Å². The lowest BCUT2D eigenvalue weighted by Gasteiger charge is -2.27. The first-order valence-electron chi connectivity index (χ1n) is 8.22. The number of aromatic nitrogens is 4. The van der Waals surface area contributed by atoms with E-state index in [1.54, 1.807) is 23.2 Å². The Morgan fingerprint density at radius 3 is 2.96 bits per heavy atom. The maximum absolute atomic E-state index is 13.3. The van der Waals surface area contributed by atoms with Crippen LogP contribution in [0, 0.1) is 5.82 Å². The summed E-state index contributed by atoms with van der Waals surface area (Å²) in [5, 5.41) is 4.19. The smallest absolute Gasteiger partial charge is 0.227 e. The summed E-state index contributed by atoms with van der Waals surface area (Å²) < 4.78 is 17.2. The molecule has 1 aromatic carbocycles. The van der Waals surface area contributed by atoms with E-state index in [-0.39, 0.29) is 18.1 Å². The summed E-state index contributed by atoms with van der Waals surface area (Å²) >= 11 is 0. The van der Waals surface area contributed by atoms with Gasteiger partial charge in [0, 0.05) is 31.7 Å². The minimum atomic E-state index is -0.317. The Kier molecular flexibility index (Phi) is 4.05. The molecule has 7 heteroatoms. The first kappa shape index (κ1) is 15.6. The molecule has 1 amide bonds. The molecule has 0 saturated heterocycles. The van der Waals surface area contributed by atoms with Gasteiger partial charge in [0.25, 0.3) is 0 Å². The van der Waals surface area contributed by atoms with Crippen molar-refractivity contribution in [2.45, 2.75) is 26.1 Å². The lowest BCUT2D eigenvalue weighted by molar-refractivity contribution is -0.132. The fourth-order valence-electron chi connectivity index (χ4n) is 3.09. The van der Waals surface area contributed by atoms with Gasteiger partial charge in [-0.05, 0) is 23.8 Å². The van der Waals surface area contributed by atoms with Crippen molar-refractivity contribution < 1.29 is 9.18 Å². The van der Waals surface area contributed by atoms with E-state index in [1.807, 2.05) is 23.1 Å². The number of nitrogens with zero attached hydrogens (tertiary/aromatic N) is 5. The summed E-state index contributed by atoms with van der Waals surface area (Å²) in [5.41, 5.74) is 1.62. The molecule has 25 heavy (non-hydrogen) atoms. The van der Waals surface area contributed by atoms with Gasteiger partial charge in [0.15, 0.2) is 0 Å². The third-order valence-electron chi connectivity index (χ3n) is 4.33. The van der Waals surface area contributed by atoms with Crippen molar-refractivity contribution >= 4 is 5.91 Å². The van der Waals surface area contributed by atoms with Gasteiger partial charge in [-0.3, -0.25) is 9.48 Å². The van der Waals surface area contributed by atoms with E-state index in [1.165, 1.54) is 12.1 Å². The molecule has 0 saturated carbocycles. The standard InChI is InChI=1S/C18H18FN5O/c19-15-4-1-3-14(9-15)10-18(25)23-8-7-22-11-16(21-17(22)13-23)12-24-6-2-5-20-24/h1-6,9,11H,7-8,10,12-13H2. The highest BCUT2D eigenvalue weighted by molar-refractivity contribution is 5.78. The molecule has 0 bridgehead atoms. The highest BCUT2D eigenvalue weighted by Gasteiger charge is 2.22. The second-order valence-corrected chi connectivity index (χ2v) is 6.17. The average Bonchev–Trinajstić information content (AvgIpc) is 3.23. The van der Waals surface area contributed by atoms with Gasteiger partial charge < -0.3 is 9.47 Å². The zero-order chi connectivity index (χ0) is 17.2. The Morgan fingerprint density at radius 1 is 1.24 bits per heavy atom. The molecular formula is C18H18FN5O. The van der Waals surface area contributed by atoms with Crippen molar-refractivity contribution in [3.05, 3.63) is 71.8 Å². The van der Waals surface area contributed by atoms with Crippen molar-refractivity contribution in [2.75, 3.05) is 6.54 Å². The van der Waals surface area contributed by atoms with Gasteiger partial charge in [0.05, 0.1) is 25.2 Å². The molecule has 4 rings (SSSR count). The molecule has 1 aliphatic rings. The first-order chi connectivity index (χ1) is 12.2. The molecule has 0 N–H and O–H groups in total. The average molecular weight is 339 g/mol. The van der Waals surface area contributed by atoms with E-state index in [2.05, 4.69) is 14.6 Å². The van der Waals surface area contributed by atoms with E-state index >= 15 is 0 Å². The highest BCUT2D eigenvalue weighted by atomic mass is 19.1. The van der Waals surface area contributed by atoms with Gasteiger partial charge >= 0.3 is 0 Å². The van der Waals surface area contributed by atoms with Crippen LogP contribution in [0.1, 0.15) is 17.1 Å². The minimum Gasteiger partial charge on any atom is -0.333 e. The van der Waals surface area contributed by atoms with E-state index in [4.69, 9.17) is 0 Å². The number of hydrogen-bond acceptors (Lipinski definition) is 3. The van der Waals surface area contributed by atoms with Crippen LogP contribution in [0.15, 0.2) is 48.9 Å². The third kappa shape index (κ3) is 3.45. The Labute approximate surface area is 144 Å². The van der Waals surface area contributed by atoms with Crippen LogP contribution in [0.5, 0.6) is 0 Å². The summed E-state index contributed by atoms with van der Waals surface area (Å²) in [6.45, 7) is 2.45. The fourth-order valence-corrected chi connectivity index (χ4v) is 3.09. The number of imidazole rings is 1. The molecule has 128 valence electrons. The molecular weight excluding hydrogens is 321 g/mol. The van der Waals surface area contributed by atoms with Crippen LogP contribution >= 0.6 is 0 Å². The number of carbonyl (C=O) groups is 1. The topological polar surface area (TPSA) is 56.0 Å². The fraction of sp³-hybridized carbons (Fsp3) is 0.278. The van der Waals surface area contributed by atoms with E-state index in [9.17, 15) is 9.18 Å². The third-order valence-corrected chi connectivity index (χ3v) is 4.33. The van der Waals surface area contributed by atoms with Crippen molar-refractivity contribution in [1.29, 1.82) is 0 Å². The number of rotatable bonds is 4. The minimum absolute atomic E-state index is 0.00604. The zero-order valence-electron chi connectivity index (χ0n) is 13.7. The molecule has 3 aromatic rings. The van der Waals surface area contributed by atoms with Crippen molar-refractivity contribution in [3.8, 4) is 0 Å². The molecule has 0 atom stereocenters. The Bertz CT molecular complexity index is 887. The number of benzene rings is 1. The second kappa shape index (κ2) is 6.51. The van der Waals surface area contributed by atoms with Crippen molar-refractivity contribution in [1.82, 2.24) is 24.2 Å². The molecule has 0 unspecified atom stereocenters. The number of carbonyl (C=O) groups excluding carboxylic acids is 1. The summed E-state index contributed by atoms with van der Waals surface area (Å²) in [6.07, 6.45) is 5.86.